The molecule has 0 aliphatic heterocycles. The monoisotopic (exact) mass is 327 g/mol. The molecule has 0 fully saturated rings. The van der Waals surface area contributed by atoms with Crippen molar-refractivity contribution >= 4 is 17.2 Å². The second-order valence-corrected chi connectivity index (χ2v) is 5.84. The van der Waals surface area contributed by atoms with Crippen LogP contribution >= 0.6 is 11.3 Å². The quantitative estimate of drug-likeness (QED) is 0.728. The molecule has 0 unspecified atom stereocenters. The van der Waals surface area contributed by atoms with E-state index in [0.717, 1.165) is 21.9 Å². The minimum absolute atomic E-state index is 0.143. The third-order valence-electron chi connectivity index (χ3n) is 3.34. The van der Waals surface area contributed by atoms with Crippen molar-refractivity contribution in [2.24, 2.45) is 0 Å². The van der Waals surface area contributed by atoms with Crippen molar-refractivity contribution in [1.29, 1.82) is 0 Å². The van der Waals surface area contributed by atoms with E-state index >= 15 is 0 Å². The molecule has 0 saturated carbocycles. The Bertz CT molecular complexity index is 764. The molecule has 2 N–H and O–H groups in total. The van der Waals surface area contributed by atoms with Crippen LogP contribution in [0.15, 0.2) is 48.0 Å². The van der Waals surface area contributed by atoms with Crippen LogP contribution in [-0.2, 0) is 6.54 Å². The lowest BCUT2D eigenvalue weighted by Crippen LogP contribution is -2.22. The van der Waals surface area contributed by atoms with Gasteiger partial charge in [0.25, 0.3) is 5.91 Å². The average molecular weight is 327 g/mol. The Morgan fingerprint density at radius 1 is 1.30 bits per heavy atom. The van der Waals surface area contributed by atoms with E-state index in [9.17, 15) is 4.79 Å². The molecule has 3 rings (SSSR count). The van der Waals surface area contributed by atoms with Gasteiger partial charge in [-0.2, -0.15) is 5.10 Å². The van der Waals surface area contributed by atoms with Crippen LogP contribution in [0.3, 0.4) is 0 Å². The van der Waals surface area contributed by atoms with E-state index in [2.05, 4.69) is 15.5 Å². The number of thiophene rings is 1. The highest BCUT2D eigenvalue weighted by Gasteiger charge is 2.15. The van der Waals surface area contributed by atoms with Crippen LogP contribution < -0.4 is 10.1 Å². The Morgan fingerprint density at radius 3 is 2.83 bits per heavy atom. The van der Waals surface area contributed by atoms with Gasteiger partial charge >= 0.3 is 0 Å². The van der Waals surface area contributed by atoms with Gasteiger partial charge in [0.15, 0.2) is 0 Å². The van der Waals surface area contributed by atoms with Gasteiger partial charge < -0.3 is 10.1 Å². The third-order valence-corrected chi connectivity index (χ3v) is 4.23. The zero-order chi connectivity index (χ0) is 16.1. The lowest BCUT2D eigenvalue weighted by molar-refractivity contribution is 0.0951. The average Bonchev–Trinajstić information content (AvgIpc) is 3.25. The molecular weight excluding hydrogens is 310 g/mol. The van der Waals surface area contributed by atoms with Gasteiger partial charge in [0, 0.05) is 6.54 Å². The van der Waals surface area contributed by atoms with Gasteiger partial charge in [-0.1, -0.05) is 18.2 Å². The summed E-state index contributed by atoms with van der Waals surface area (Å²) in [4.78, 5) is 13.4. The predicted molar refractivity (Wildman–Crippen MR) is 90.7 cm³/mol. The number of carbonyl (C=O) groups is 1. The SMILES string of the molecule is CCOc1ccc(CNC(=O)c2cn[nH]c2-c2cccs2)cc1. The van der Waals surface area contributed by atoms with Crippen molar-refractivity contribution in [1.82, 2.24) is 15.5 Å². The van der Waals surface area contributed by atoms with Gasteiger partial charge in [0.05, 0.1) is 28.9 Å². The number of rotatable bonds is 6. The summed E-state index contributed by atoms with van der Waals surface area (Å²) in [7, 11) is 0. The number of H-pyrrole nitrogens is 1. The van der Waals surface area contributed by atoms with Gasteiger partial charge in [-0.15, -0.1) is 11.3 Å². The van der Waals surface area contributed by atoms with Crippen LogP contribution in [0.4, 0.5) is 0 Å². The highest BCUT2D eigenvalue weighted by Crippen LogP contribution is 2.25. The molecule has 0 radical (unpaired) electrons. The lowest BCUT2D eigenvalue weighted by Gasteiger charge is -2.07. The molecule has 118 valence electrons. The molecular formula is C17H17N3O2S. The lowest BCUT2D eigenvalue weighted by atomic mass is 10.2. The van der Waals surface area contributed by atoms with Crippen LogP contribution in [0.1, 0.15) is 22.8 Å². The Hall–Kier alpha value is -2.60. The molecule has 0 aliphatic rings. The first-order valence-corrected chi connectivity index (χ1v) is 8.23. The first kappa shape index (κ1) is 15.3. The van der Waals surface area contributed by atoms with Gasteiger partial charge in [-0.25, -0.2) is 0 Å². The number of aromatic nitrogens is 2. The van der Waals surface area contributed by atoms with E-state index in [4.69, 9.17) is 4.74 Å². The Labute approximate surface area is 138 Å². The number of nitrogens with zero attached hydrogens (tertiary/aromatic N) is 1. The van der Waals surface area contributed by atoms with E-state index in [1.54, 1.807) is 17.5 Å². The first-order valence-electron chi connectivity index (χ1n) is 7.35. The number of hydrogen-bond acceptors (Lipinski definition) is 4. The van der Waals surface area contributed by atoms with Crippen molar-refractivity contribution in [3.8, 4) is 16.3 Å². The van der Waals surface area contributed by atoms with E-state index in [1.807, 2.05) is 48.7 Å². The molecule has 3 aromatic rings. The van der Waals surface area contributed by atoms with Crippen molar-refractivity contribution in [2.75, 3.05) is 6.61 Å². The second kappa shape index (κ2) is 7.11. The molecule has 0 saturated heterocycles. The Balaban J connectivity index is 1.65. The maximum Gasteiger partial charge on any atom is 0.255 e. The zero-order valence-corrected chi connectivity index (χ0v) is 13.5. The minimum atomic E-state index is -0.143. The highest BCUT2D eigenvalue weighted by atomic mass is 32.1. The molecule has 0 atom stereocenters. The summed E-state index contributed by atoms with van der Waals surface area (Å²) in [6.45, 7) is 3.05. The minimum Gasteiger partial charge on any atom is -0.494 e. The number of nitrogens with one attached hydrogen (secondary N) is 2. The zero-order valence-electron chi connectivity index (χ0n) is 12.7. The fraction of sp³-hybridized carbons (Fsp3) is 0.176. The van der Waals surface area contributed by atoms with E-state index in [0.29, 0.717) is 18.7 Å². The van der Waals surface area contributed by atoms with Crippen molar-refractivity contribution in [3.05, 3.63) is 59.1 Å². The number of amides is 1. The molecule has 2 heterocycles. The van der Waals surface area contributed by atoms with Crippen LogP contribution in [0.5, 0.6) is 5.75 Å². The second-order valence-electron chi connectivity index (χ2n) is 4.90. The van der Waals surface area contributed by atoms with E-state index < -0.39 is 0 Å². The van der Waals surface area contributed by atoms with Crippen molar-refractivity contribution in [3.63, 3.8) is 0 Å². The van der Waals surface area contributed by atoms with E-state index in [1.165, 1.54) is 0 Å². The number of aromatic amines is 1. The number of benzene rings is 1. The standard InChI is InChI=1S/C17H17N3O2S/c1-2-22-13-7-5-12(6-8-13)10-18-17(21)14-11-19-20-16(14)15-4-3-9-23-15/h3-9,11H,2,10H2,1H3,(H,18,21)(H,19,20). The summed E-state index contributed by atoms with van der Waals surface area (Å²) in [6, 6.07) is 11.6. The summed E-state index contributed by atoms with van der Waals surface area (Å²) in [6.07, 6.45) is 1.56. The Kier molecular flexibility index (Phi) is 4.73. The van der Waals surface area contributed by atoms with Gasteiger partial charge in [0.1, 0.15) is 5.75 Å². The first-order chi connectivity index (χ1) is 11.3. The normalized spacial score (nSPS) is 10.5. The number of hydrogen-bond donors (Lipinski definition) is 2. The topological polar surface area (TPSA) is 67.0 Å². The van der Waals surface area contributed by atoms with Gasteiger partial charge in [0.2, 0.25) is 0 Å². The summed E-state index contributed by atoms with van der Waals surface area (Å²) < 4.78 is 5.40. The smallest absolute Gasteiger partial charge is 0.255 e. The van der Waals surface area contributed by atoms with Gasteiger partial charge in [-0.05, 0) is 36.1 Å². The predicted octanol–water partition coefficient (Wildman–Crippen LogP) is 3.47. The third kappa shape index (κ3) is 3.60. The Morgan fingerprint density at radius 2 is 2.13 bits per heavy atom. The molecule has 0 spiro atoms. The maximum absolute atomic E-state index is 12.4. The van der Waals surface area contributed by atoms with Crippen LogP contribution in [-0.4, -0.2) is 22.7 Å². The van der Waals surface area contributed by atoms with E-state index in [-0.39, 0.29) is 5.91 Å². The van der Waals surface area contributed by atoms with Crippen LogP contribution in [0, 0.1) is 0 Å². The molecule has 1 amide bonds. The molecule has 6 heteroatoms. The molecule has 5 nitrogen and oxygen atoms in total. The molecule has 2 aromatic heterocycles. The number of ether oxygens (including phenoxy) is 1. The van der Waals surface area contributed by atoms with Crippen LogP contribution in [0.25, 0.3) is 10.6 Å². The van der Waals surface area contributed by atoms with Crippen molar-refractivity contribution in [2.45, 2.75) is 13.5 Å². The summed E-state index contributed by atoms with van der Waals surface area (Å²) in [5, 5.41) is 11.8. The fourth-order valence-electron chi connectivity index (χ4n) is 2.21. The number of carbonyl (C=O) groups excluding carboxylic acids is 1. The maximum atomic E-state index is 12.4. The van der Waals surface area contributed by atoms with Crippen LogP contribution in [0.2, 0.25) is 0 Å². The highest BCUT2D eigenvalue weighted by molar-refractivity contribution is 7.13. The summed E-state index contributed by atoms with van der Waals surface area (Å²) in [5.41, 5.74) is 2.32. The molecule has 0 aliphatic carbocycles. The molecule has 1 aromatic carbocycles. The molecule has 0 bridgehead atoms. The van der Waals surface area contributed by atoms with Crippen molar-refractivity contribution < 1.29 is 9.53 Å². The fourth-order valence-corrected chi connectivity index (χ4v) is 2.95. The molecule has 23 heavy (non-hydrogen) atoms. The largest absolute Gasteiger partial charge is 0.494 e. The summed E-state index contributed by atoms with van der Waals surface area (Å²) >= 11 is 1.57. The van der Waals surface area contributed by atoms with Gasteiger partial charge in [-0.3, -0.25) is 9.89 Å². The summed E-state index contributed by atoms with van der Waals surface area (Å²) in [5.74, 6) is 0.688.